The summed E-state index contributed by atoms with van der Waals surface area (Å²) in [6, 6.07) is 7.14. The minimum atomic E-state index is -0.572. The number of carbonyl (C=O) groups excluding carboxylic acids is 2. The Hall–Kier alpha value is -2.17. The SMILES string of the molecule is CN(C)C(=O)CCC/C=C/c1cccc(C(=O)NCCF)c1. The molecule has 0 aliphatic carbocycles. The van der Waals surface area contributed by atoms with E-state index in [9.17, 15) is 14.0 Å². The second kappa shape index (κ2) is 9.71. The van der Waals surface area contributed by atoms with Gasteiger partial charge in [0.2, 0.25) is 5.91 Å². The van der Waals surface area contributed by atoms with Crippen molar-refractivity contribution in [3.8, 4) is 0 Å². The smallest absolute Gasteiger partial charge is 0.251 e. The van der Waals surface area contributed by atoms with Crippen LogP contribution >= 0.6 is 0 Å². The van der Waals surface area contributed by atoms with Crippen LogP contribution in [0, 0.1) is 0 Å². The number of nitrogens with zero attached hydrogens (tertiary/aromatic N) is 1. The molecule has 0 spiro atoms. The van der Waals surface area contributed by atoms with Gasteiger partial charge in [0.1, 0.15) is 6.67 Å². The number of rotatable bonds is 8. The zero-order valence-electron chi connectivity index (χ0n) is 13.1. The number of carbonyl (C=O) groups is 2. The number of alkyl halides is 1. The normalized spacial score (nSPS) is 10.7. The first-order valence-corrected chi connectivity index (χ1v) is 7.35. The molecule has 1 aromatic carbocycles. The lowest BCUT2D eigenvalue weighted by molar-refractivity contribution is -0.128. The molecule has 0 heterocycles. The molecule has 2 amide bonds. The van der Waals surface area contributed by atoms with Gasteiger partial charge in [-0.1, -0.05) is 24.3 Å². The van der Waals surface area contributed by atoms with Gasteiger partial charge in [0.05, 0.1) is 0 Å². The van der Waals surface area contributed by atoms with Crippen LogP contribution < -0.4 is 5.32 Å². The Bertz CT molecular complexity index is 527. The Morgan fingerprint density at radius 2 is 2.09 bits per heavy atom. The second-order valence-electron chi connectivity index (χ2n) is 5.15. The van der Waals surface area contributed by atoms with Gasteiger partial charge in [0.25, 0.3) is 5.91 Å². The molecule has 0 bridgehead atoms. The Labute approximate surface area is 131 Å². The van der Waals surface area contributed by atoms with E-state index in [1.165, 1.54) is 0 Å². The molecule has 0 fully saturated rings. The van der Waals surface area contributed by atoms with E-state index in [-0.39, 0.29) is 18.4 Å². The van der Waals surface area contributed by atoms with Crippen LogP contribution in [0.1, 0.15) is 35.2 Å². The summed E-state index contributed by atoms with van der Waals surface area (Å²) in [5.74, 6) is -0.149. The summed E-state index contributed by atoms with van der Waals surface area (Å²) < 4.78 is 12.0. The van der Waals surface area contributed by atoms with Crippen LogP contribution in [0.3, 0.4) is 0 Å². The molecule has 0 saturated carbocycles. The topological polar surface area (TPSA) is 49.4 Å². The van der Waals surface area contributed by atoms with Crippen LogP contribution in [-0.2, 0) is 4.79 Å². The monoisotopic (exact) mass is 306 g/mol. The van der Waals surface area contributed by atoms with Gasteiger partial charge in [-0.15, -0.1) is 0 Å². The highest BCUT2D eigenvalue weighted by molar-refractivity contribution is 5.94. The molecular weight excluding hydrogens is 283 g/mol. The first kappa shape index (κ1) is 17.9. The number of benzene rings is 1. The first-order chi connectivity index (χ1) is 10.5. The summed E-state index contributed by atoms with van der Waals surface area (Å²) in [4.78, 5) is 24.7. The van der Waals surface area contributed by atoms with E-state index in [0.717, 1.165) is 18.4 Å². The number of amides is 2. The highest BCUT2D eigenvalue weighted by Gasteiger charge is 2.04. The van der Waals surface area contributed by atoms with E-state index in [0.29, 0.717) is 12.0 Å². The summed E-state index contributed by atoms with van der Waals surface area (Å²) in [5.41, 5.74) is 1.42. The highest BCUT2D eigenvalue weighted by atomic mass is 19.1. The van der Waals surface area contributed by atoms with Crippen LogP contribution in [0.25, 0.3) is 6.08 Å². The van der Waals surface area contributed by atoms with Crippen molar-refractivity contribution in [2.75, 3.05) is 27.3 Å². The third-order valence-corrected chi connectivity index (χ3v) is 3.10. The molecule has 4 nitrogen and oxygen atoms in total. The van der Waals surface area contributed by atoms with Crippen molar-refractivity contribution in [3.63, 3.8) is 0 Å². The lowest BCUT2D eigenvalue weighted by Gasteiger charge is -2.08. The van der Waals surface area contributed by atoms with Gasteiger partial charge in [0.15, 0.2) is 0 Å². The van der Waals surface area contributed by atoms with Gasteiger partial charge in [0, 0.05) is 32.6 Å². The highest BCUT2D eigenvalue weighted by Crippen LogP contribution is 2.09. The van der Waals surface area contributed by atoms with Crippen LogP contribution in [-0.4, -0.2) is 44.0 Å². The van der Waals surface area contributed by atoms with E-state index in [1.54, 1.807) is 37.2 Å². The average Bonchev–Trinajstić information content (AvgIpc) is 2.52. The van der Waals surface area contributed by atoms with E-state index in [4.69, 9.17) is 0 Å². The van der Waals surface area contributed by atoms with Crippen molar-refractivity contribution < 1.29 is 14.0 Å². The van der Waals surface area contributed by atoms with Crippen LogP contribution in [0.2, 0.25) is 0 Å². The predicted octanol–water partition coefficient (Wildman–Crippen LogP) is 2.66. The van der Waals surface area contributed by atoms with E-state index in [1.807, 2.05) is 18.2 Å². The largest absolute Gasteiger partial charge is 0.349 e. The fraction of sp³-hybridized carbons (Fsp3) is 0.412. The van der Waals surface area contributed by atoms with E-state index >= 15 is 0 Å². The first-order valence-electron chi connectivity index (χ1n) is 7.35. The summed E-state index contributed by atoms with van der Waals surface area (Å²) in [5, 5.41) is 2.50. The summed E-state index contributed by atoms with van der Waals surface area (Å²) in [7, 11) is 3.50. The van der Waals surface area contributed by atoms with Crippen molar-refractivity contribution in [1.82, 2.24) is 10.2 Å². The Morgan fingerprint density at radius 3 is 2.77 bits per heavy atom. The molecule has 0 aliphatic rings. The molecule has 22 heavy (non-hydrogen) atoms. The third kappa shape index (κ3) is 6.52. The summed E-state index contributed by atoms with van der Waals surface area (Å²) in [6.45, 7) is -0.546. The number of allylic oxidation sites excluding steroid dienone is 1. The number of unbranched alkanes of at least 4 members (excludes halogenated alkanes) is 1. The van der Waals surface area contributed by atoms with Crippen molar-refractivity contribution >= 4 is 17.9 Å². The molecule has 0 aromatic heterocycles. The second-order valence-corrected chi connectivity index (χ2v) is 5.15. The van der Waals surface area contributed by atoms with Gasteiger partial charge in [-0.2, -0.15) is 0 Å². The van der Waals surface area contributed by atoms with Gasteiger partial charge >= 0.3 is 0 Å². The maximum Gasteiger partial charge on any atom is 0.251 e. The van der Waals surface area contributed by atoms with Crippen molar-refractivity contribution in [3.05, 3.63) is 41.5 Å². The lowest BCUT2D eigenvalue weighted by Crippen LogP contribution is -2.25. The zero-order chi connectivity index (χ0) is 16.4. The fourth-order valence-corrected chi connectivity index (χ4v) is 1.86. The van der Waals surface area contributed by atoms with Gasteiger partial charge in [-0.25, -0.2) is 4.39 Å². The molecule has 1 aromatic rings. The van der Waals surface area contributed by atoms with E-state index < -0.39 is 6.67 Å². The minimum absolute atomic E-state index is 0.0266. The minimum Gasteiger partial charge on any atom is -0.349 e. The van der Waals surface area contributed by atoms with Crippen LogP contribution in [0.4, 0.5) is 4.39 Å². The maximum atomic E-state index is 12.0. The van der Waals surface area contributed by atoms with Gasteiger partial charge in [-0.3, -0.25) is 9.59 Å². The molecule has 120 valence electrons. The summed E-state index contributed by atoms with van der Waals surface area (Å²) in [6.07, 6.45) is 6.04. The summed E-state index contributed by atoms with van der Waals surface area (Å²) >= 11 is 0. The number of hydrogen-bond donors (Lipinski definition) is 1. The molecular formula is C17H23FN2O2. The molecule has 0 saturated heterocycles. The fourth-order valence-electron chi connectivity index (χ4n) is 1.86. The third-order valence-electron chi connectivity index (χ3n) is 3.10. The molecule has 1 N–H and O–H groups in total. The Balaban J connectivity index is 2.47. The lowest BCUT2D eigenvalue weighted by atomic mass is 10.1. The standard InChI is InChI=1S/C17H23FN2O2/c1-20(2)16(21)10-5-3-4-7-14-8-6-9-15(13-14)17(22)19-12-11-18/h4,6-9,13H,3,5,10-12H2,1-2H3,(H,19,22)/b7-4+. The number of nitrogens with one attached hydrogen (secondary N) is 1. The molecule has 0 unspecified atom stereocenters. The molecule has 0 aliphatic heterocycles. The van der Waals surface area contributed by atoms with Gasteiger partial charge < -0.3 is 10.2 Å². The number of halogens is 1. The van der Waals surface area contributed by atoms with Gasteiger partial charge in [-0.05, 0) is 30.5 Å². The molecule has 0 atom stereocenters. The molecule has 5 heteroatoms. The predicted molar refractivity (Wildman–Crippen MR) is 86.3 cm³/mol. The maximum absolute atomic E-state index is 12.0. The zero-order valence-corrected chi connectivity index (χ0v) is 13.1. The van der Waals surface area contributed by atoms with Crippen LogP contribution in [0.15, 0.2) is 30.3 Å². The molecule has 1 rings (SSSR count). The molecule has 0 radical (unpaired) electrons. The van der Waals surface area contributed by atoms with Crippen molar-refractivity contribution in [2.45, 2.75) is 19.3 Å². The van der Waals surface area contributed by atoms with Crippen LogP contribution in [0.5, 0.6) is 0 Å². The van der Waals surface area contributed by atoms with Crippen molar-refractivity contribution in [1.29, 1.82) is 0 Å². The number of hydrogen-bond acceptors (Lipinski definition) is 2. The quantitative estimate of drug-likeness (QED) is 0.751. The Morgan fingerprint density at radius 1 is 1.32 bits per heavy atom. The van der Waals surface area contributed by atoms with Crippen molar-refractivity contribution in [2.24, 2.45) is 0 Å². The Kier molecular flexibility index (Phi) is 7.89. The average molecular weight is 306 g/mol. The van der Waals surface area contributed by atoms with E-state index in [2.05, 4.69) is 5.32 Å².